The molecule has 3 heterocycles. The van der Waals surface area contributed by atoms with Gasteiger partial charge in [-0.25, -0.2) is 4.98 Å². The van der Waals surface area contributed by atoms with Crippen LogP contribution >= 0.6 is 11.6 Å². The van der Waals surface area contributed by atoms with Crippen LogP contribution in [-0.2, 0) is 7.05 Å². The van der Waals surface area contributed by atoms with Crippen LogP contribution in [0.25, 0.3) is 11.0 Å². The second-order valence-corrected chi connectivity index (χ2v) is 8.10. The summed E-state index contributed by atoms with van der Waals surface area (Å²) in [4.78, 5) is 20.0. The first-order valence-electron chi connectivity index (χ1n) is 10.0. The molecule has 4 rings (SSSR count). The summed E-state index contributed by atoms with van der Waals surface area (Å²) in [6, 6.07) is 9.86. The van der Waals surface area contributed by atoms with Crippen molar-refractivity contribution >= 4 is 28.5 Å². The summed E-state index contributed by atoms with van der Waals surface area (Å²) >= 11 is 6.48. The Kier molecular flexibility index (Phi) is 5.56. The van der Waals surface area contributed by atoms with Crippen LogP contribution in [0.5, 0.6) is 0 Å². The van der Waals surface area contributed by atoms with Gasteiger partial charge in [-0.05, 0) is 57.5 Å². The molecule has 1 N–H and O–H groups in total. The van der Waals surface area contributed by atoms with Crippen molar-refractivity contribution in [1.29, 1.82) is 0 Å². The molecular formula is C22H26ClN5O. The first-order valence-corrected chi connectivity index (χ1v) is 10.4. The van der Waals surface area contributed by atoms with Gasteiger partial charge in [0.15, 0.2) is 5.65 Å². The Hall–Kier alpha value is -2.44. The monoisotopic (exact) mass is 411 g/mol. The van der Waals surface area contributed by atoms with Crippen molar-refractivity contribution in [2.75, 3.05) is 19.6 Å². The number of hydrogen-bond donors (Lipinski definition) is 1. The number of likely N-dealkylation sites (tertiary alicyclic amines) is 1. The van der Waals surface area contributed by atoms with Crippen LogP contribution in [0.1, 0.15) is 46.2 Å². The van der Waals surface area contributed by atoms with E-state index >= 15 is 0 Å². The smallest absolute Gasteiger partial charge is 0.253 e. The Morgan fingerprint density at radius 2 is 1.93 bits per heavy atom. The van der Waals surface area contributed by atoms with Gasteiger partial charge in [0.25, 0.3) is 5.91 Å². The number of aryl methyl sites for hydroxylation is 3. The Morgan fingerprint density at radius 1 is 1.21 bits per heavy atom. The van der Waals surface area contributed by atoms with Crippen molar-refractivity contribution in [3.63, 3.8) is 0 Å². The number of fused-ring (bicyclic) bond motifs is 1. The number of pyridine rings is 1. The second-order valence-electron chi connectivity index (χ2n) is 7.69. The van der Waals surface area contributed by atoms with Gasteiger partial charge in [0.05, 0.1) is 23.0 Å². The fourth-order valence-corrected chi connectivity index (χ4v) is 4.44. The lowest BCUT2D eigenvalue weighted by Gasteiger charge is -2.29. The molecule has 0 unspecified atom stereocenters. The number of nitrogens with zero attached hydrogens (tertiary/aromatic N) is 4. The molecule has 1 aromatic carbocycles. The van der Waals surface area contributed by atoms with Crippen molar-refractivity contribution in [2.24, 2.45) is 7.05 Å². The van der Waals surface area contributed by atoms with Crippen LogP contribution in [0, 0.1) is 13.8 Å². The zero-order chi connectivity index (χ0) is 20.5. The number of halogens is 1. The average molecular weight is 412 g/mol. The van der Waals surface area contributed by atoms with E-state index < -0.39 is 0 Å². The van der Waals surface area contributed by atoms with Gasteiger partial charge in [0.2, 0.25) is 0 Å². The fraction of sp³-hybridized carbons (Fsp3) is 0.409. The molecular weight excluding hydrogens is 386 g/mol. The lowest BCUT2D eigenvalue weighted by molar-refractivity contribution is 0.0937. The van der Waals surface area contributed by atoms with E-state index in [2.05, 4.69) is 26.4 Å². The number of nitrogens with one attached hydrogen (secondary N) is 1. The van der Waals surface area contributed by atoms with Gasteiger partial charge in [-0.2, -0.15) is 5.10 Å². The van der Waals surface area contributed by atoms with Crippen LogP contribution in [0.15, 0.2) is 30.3 Å². The highest BCUT2D eigenvalue weighted by Gasteiger charge is 2.26. The normalized spacial score (nSPS) is 15.7. The van der Waals surface area contributed by atoms with Gasteiger partial charge in [0, 0.05) is 24.0 Å². The maximum atomic E-state index is 13.0. The minimum Gasteiger partial charge on any atom is -0.350 e. The molecule has 3 aromatic rings. The molecule has 1 aliphatic heterocycles. The molecule has 1 fully saturated rings. The Bertz CT molecular complexity index is 1050. The lowest BCUT2D eigenvalue weighted by atomic mass is 10.0. The van der Waals surface area contributed by atoms with Gasteiger partial charge >= 0.3 is 0 Å². The third-order valence-electron chi connectivity index (χ3n) is 5.74. The summed E-state index contributed by atoms with van der Waals surface area (Å²) < 4.78 is 1.75. The van der Waals surface area contributed by atoms with E-state index in [0.717, 1.165) is 40.4 Å². The van der Waals surface area contributed by atoms with E-state index in [1.807, 2.05) is 45.2 Å². The summed E-state index contributed by atoms with van der Waals surface area (Å²) in [5, 5.41) is 9.18. The van der Waals surface area contributed by atoms with Crippen molar-refractivity contribution in [2.45, 2.75) is 32.7 Å². The number of rotatable bonds is 5. The molecule has 0 aliphatic carbocycles. The lowest BCUT2D eigenvalue weighted by Crippen LogP contribution is -2.37. The first-order chi connectivity index (χ1) is 14.0. The van der Waals surface area contributed by atoms with Crippen molar-refractivity contribution < 1.29 is 4.79 Å². The highest BCUT2D eigenvalue weighted by atomic mass is 35.5. The van der Waals surface area contributed by atoms with Gasteiger partial charge in [-0.3, -0.25) is 14.4 Å². The topological polar surface area (TPSA) is 63.1 Å². The number of benzene rings is 1. The van der Waals surface area contributed by atoms with Crippen molar-refractivity contribution in [1.82, 2.24) is 25.0 Å². The first kappa shape index (κ1) is 19.9. The molecule has 1 amide bonds. The summed E-state index contributed by atoms with van der Waals surface area (Å²) in [6.45, 7) is 6.34. The van der Waals surface area contributed by atoms with E-state index in [9.17, 15) is 4.79 Å². The van der Waals surface area contributed by atoms with Gasteiger partial charge < -0.3 is 5.32 Å². The molecule has 0 radical (unpaired) electrons. The highest BCUT2D eigenvalue weighted by molar-refractivity contribution is 6.31. The number of amides is 1. The summed E-state index contributed by atoms with van der Waals surface area (Å²) in [7, 11) is 1.87. The van der Waals surface area contributed by atoms with Crippen LogP contribution < -0.4 is 5.32 Å². The Labute approximate surface area is 175 Å². The third-order valence-corrected chi connectivity index (χ3v) is 6.08. The fourth-order valence-electron chi connectivity index (χ4n) is 4.18. The highest BCUT2D eigenvalue weighted by Crippen LogP contribution is 2.30. The van der Waals surface area contributed by atoms with E-state index in [1.165, 1.54) is 12.8 Å². The van der Waals surface area contributed by atoms with Crippen LogP contribution in [0.3, 0.4) is 0 Å². The number of aromatic nitrogens is 3. The number of carbonyl (C=O) groups is 1. The molecule has 152 valence electrons. The molecule has 0 saturated carbocycles. The zero-order valence-electron chi connectivity index (χ0n) is 17.1. The quantitative estimate of drug-likeness (QED) is 0.693. The van der Waals surface area contributed by atoms with E-state index in [0.29, 0.717) is 17.8 Å². The second kappa shape index (κ2) is 8.13. The molecule has 29 heavy (non-hydrogen) atoms. The molecule has 2 aromatic heterocycles. The van der Waals surface area contributed by atoms with Gasteiger partial charge in [0.1, 0.15) is 0 Å². The average Bonchev–Trinajstić information content (AvgIpc) is 3.31. The minimum atomic E-state index is -0.114. The SMILES string of the molecule is Cc1nc2c(cc1C(=O)NC[C@H](c1ccccc1Cl)N1CCCC1)c(C)nn2C. The maximum Gasteiger partial charge on any atom is 0.253 e. The molecule has 6 nitrogen and oxygen atoms in total. The zero-order valence-corrected chi connectivity index (χ0v) is 17.8. The summed E-state index contributed by atoms with van der Waals surface area (Å²) in [5.41, 5.74) is 4.02. The van der Waals surface area contributed by atoms with E-state index in [4.69, 9.17) is 11.6 Å². The summed E-state index contributed by atoms with van der Waals surface area (Å²) in [5.74, 6) is -0.114. The molecule has 1 aliphatic rings. The van der Waals surface area contributed by atoms with E-state index in [-0.39, 0.29) is 11.9 Å². The van der Waals surface area contributed by atoms with Gasteiger partial charge in [-0.15, -0.1) is 0 Å². The van der Waals surface area contributed by atoms with Crippen LogP contribution in [-0.4, -0.2) is 45.2 Å². The summed E-state index contributed by atoms with van der Waals surface area (Å²) in [6.07, 6.45) is 2.35. The standard InChI is InChI=1S/C22H26ClN5O/c1-14-18(12-17-15(2)26-27(3)21(17)25-14)22(29)24-13-20(28-10-6-7-11-28)16-8-4-5-9-19(16)23/h4-5,8-9,12,20H,6-7,10-11,13H2,1-3H3,(H,24,29)/t20-/m1/s1. The van der Waals surface area contributed by atoms with Gasteiger partial charge in [-0.1, -0.05) is 29.8 Å². The van der Waals surface area contributed by atoms with E-state index in [1.54, 1.807) is 4.68 Å². The maximum absolute atomic E-state index is 13.0. The third kappa shape index (κ3) is 3.87. The number of carbonyl (C=O) groups excluding carboxylic acids is 1. The van der Waals surface area contributed by atoms with Crippen molar-refractivity contribution in [3.05, 3.63) is 57.9 Å². The molecule has 7 heteroatoms. The van der Waals surface area contributed by atoms with Crippen LogP contribution in [0.4, 0.5) is 0 Å². The Morgan fingerprint density at radius 3 is 2.66 bits per heavy atom. The predicted molar refractivity (Wildman–Crippen MR) is 115 cm³/mol. The largest absolute Gasteiger partial charge is 0.350 e. The molecule has 1 atom stereocenters. The predicted octanol–water partition coefficient (Wildman–Crippen LogP) is 3.81. The number of hydrogen-bond acceptors (Lipinski definition) is 4. The molecule has 0 spiro atoms. The minimum absolute atomic E-state index is 0.0623. The Balaban J connectivity index is 1.58. The molecule has 1 saturated heterocycles. The van der Waals surface area contributed by atoms with Crippen molar-refractivity contribution in [3.8, 4) is 0 Å². The van der Waals surface area contributed by atoms with Crippen LogP contribution in [0.2, 0.25) is 5.02 Å². The molecule has 0 bridgehead atoms.